The van der Waals surface area contributed by atoms with Crippen molar-refractivity contribution in [3.8, 4) is 11.5 Å². The number of aromatic hydroxyl groups is 1. The molecule has 0 amide bonds. The Balaban J connectivity index is 2.03. The number of para-hydroxylation sites is 2. The van der Waals surface area contributed by atoms with Gasteiger partial charge in [0.1, 0.15) is 24.2 Å². The fraction of sp³-hybridized carbons (Fsp3) is 0.200. The van der Waals surface area contributed by atoms with Gasteiger partial charge in [0.2, 0.25) is 0 Å². The Bertz CT molecular complexity index is 523. The number of aryl methyl sites for hydroxylation is 1. The van der Waals surface area contributed by atoms with E-state index in [2.05, 4.69) is 0 Å². The molecule has 0 aliphatic rings. The van der Waals surface area contributed by atoms with Gasteiger partial charge < -0.3 is 14.9 Å². The van der Waals surface area contributed by atoms with Gasteiger partial charge in [-0.1, -0.05) is 36.4 Å². The molecule has 0 radical (unpaired) electrons. The van der Waals surface area contributed by atoms with Crippen molar-refractivity contribution in [3.05, 3.63) is 59.7 Å². The lowest BCUT2D eigenvalue weighted by atomic mass is 10.1. The molecule has 0 aliphatic heterocycles. The first-order valence-electron chi connectivity index (χ1n) is 5.83. The Morgan fingerprint density at radius 3 is 2.44 bits per heavy atom. The number of aliphatic hydroxyl groups excluding tert-OH is 1. The summed E-state index contributed by atoms with van der Waals surface area (Å²) in [5.74, 6) is 0.824. The fourth-order valence-electron chi connectivity index (χ4n) is 1.75. The van der Waals surface area contributed by atoms with Crippen molar-refractivity contribution >= 4 is 0 Å². The molecule has 18 heavy (non-hydrogen) atoms. The summed E-state index contributed by atoms with van der Waals surface area (Å²) in [6, 6.07) is 14.3. The van der Waals surface area contributed by atoms with E-state index in [1.54, 1.807) is 24.3 Å². The molecule has 2 aromatic rings. The molecule has 2 rings (SSSR count). The average molecular weight is 244 g/mol. The zero-order chi connectivity index (χ0) is 13.0. The standard InChI is InChI=1S/C15H16O3/c1-11-6-2-5-9-15(11)18-10-14(17)12-7-3-4-8-13(12)16/h2-9,14,16-17H,10H2,1H3. The molecular weight excluding hydrogens is 228 g/mol. The summed E-state index contributed by atoms with van der Waals surface area (Å²) in [6.07, 6.45) is -0.842. The van der Waals surface area contributed by atoms with E-state index in [-0.39, 0.29) is 12.4 Å². The van der Waals surface area contributed by atoms with Crippen LogP contribution < -0.4 is 4.74 Å². The summed E-state index contributed by atoms with van der Waals surface area (Å²) in [6.45, 7) is 2.06. The molecule has 1 unspecified atom stereocenters. The predicted octanol–water partition coefficient (Wildman–Crippen LogP) is 2.81. The van der Waals surface area contributed by atoms with Gasteiger partial charge in [-0.25, -0.2) is 0 Å². The molecule has 1 atom stereocenters. The van der Waals surface area contributed by atoms with Crippen LogP contribution in [-0.2, 0) is 0 Å². The molecule has 3 heteroatoms. The van der Waals surface area contributed by atoms with Crippen LogP contribution in [0.5, 0.6) is 11.5 Å². The monoisotopic (exact) mass is 244 g/mol. The van der Waals surface area contributed by atoms with Gasteiger partial charge in [0, 0.05) is 5.56 Å². The van der Waals surface area contributed by atoms with Crippen LogP contribution in [0.2, 0.25) is 0 Å². The maximum Gasteiger partial charge on any atom is 0.122 e. The van der Waals surface area contributed by atoms with E-state index >= 15 is 0 Å². The molecule has 0 saturated heterocycles. The molecule has 94 valence electrons. The molecule has 0 bridgehead atoms. The van der Waals surface area contributed by atoms with Crippen molar-refractivity contribution in [3.63, 3.8) is 0 Å². The van der Waals surface area contributed by atoms with Gasteiger partial charge in [0.05, 0.1) is 0 Å². The van der Waals surface area contributed by atoms with Crippen LogP contribution in [0.1, 0.15) is 17.2 Å². The number of hydrogen-bond donors (Lipinski definition) is 2. The van der Waals surface area contributed by atoms with Crippen LogP contribution in [0.15, 0.2) is 48.5 Å². The van der Waals surface area contributed by atoms with Gasteiger partial charge in [-0.05, 0) is 24.6 Å². The lowest BCUT2D eigenvalue weighted by molar-refractivity contribution is 0.105. The van der Waals surface area contributed by atoms with Crippen LogP contribution >= 0.6 is 0 Å². The summed E-state index contributed by atoms with van der Waals surface area (Å²) >= 11 is 0. The number of rotatable bonds is 4. The van der Waals surface area contributed by atoms with Gasteiger partial charge in [0.25, 0.3) is 0 Å². The molecule has 3 nitrogen and oxygen atoms in total. The first-order chi connectivity index (χ1) is 8.68. The van der Waals surface area contributed by atoms with Crippen LogP contribution in [-0.4, -0.2) is 16.8 Å². The second kappa shape index (κ2) is 5.56. The second-order valence-electron chi connectivity index (χ2n) is 4.15. The predicted molar refractivity (Wildman–Crippen MR) is 69.7 cm³/mol. The van der Waals surface area contributed by atoms with E-state index < -0.39 is 6.10 Å². The van der Waals surface area contributed by atoms with E-state index in [0.717, 1.165) is 11.3 Å². The van der Waals surface area contributed by atoms with Gasteiger partial charge in [-0.15, -0.1) is 0 Å². The van der Waals surface area contributed by atoms with Crippen LogP contribution in [0.4, 0.5) is 0 Å². The Labute approximate surface area is 106 Å². The van der Waals surface area contributed by atoms with E-state index in [1.807, 2.05) is 31.2 Å². The number of hydrogen-bond acceptors (Lipinski definition) is 3. The van der Waals surface area contributed by atoms with Gasteiger partial charge in [-0.3, -0.25) is 0 Å². The van der Waals surface area contributed by atoms with Crippen molar-refractivity contribution in [2.75, 3.05) is 6.61 Å². The number of phenolic OH excluding ortho intramolecular Hbond substituents is 1. The minimum Gasteiger partial charge on any atom is -0.508 e. The lowest BCUT2D eigenvalue weighted by Crippen LogP contribution is -2.10. The largest absolute Gasteiger partial charge is 0.508 e. The minimum atomic E-state index is -0.842. The normalized spacial score (nSPS) is 12.1. The van der Waals surface area contributed by atoms with Gasteiger partial charge >= 0.3 is 0 Å². The first-order valence-corrected chi connectivity index (χ1v) is 5.83. The summed E-state index contributed by atoms with van der Waals surface area (Å²) in [5.41, 5.74) is 1.49. The average Bonchev–Trinajstić information content (AvgIpc) is 2.38. The Kier molecular flexibility index (Phi) is 3.85. The third kappa shape index (κ3) is 2.81. The summed E-state index contributed by atoms with van der Waals surface area (Å²) < 4.78 is 5.55. The van der Waals surface area contributed by atoms with Crippen molar-refractivity contribution in [2.45, 2.75) is 13.0 Å². The maximum atomic E-state index is 9.97. The zero-order valence-corrected chi connectivity index (χ0v) is 10.2. The quantitative estimate of drug-likeness (QED) is 0.869. The lowest BCUT2D eigenvalue weighted by Gasteiger charge is -2.14. The van der Waals surface area contributed by atoms with Gasteiger partial charge in [0.15, 0.2) is 0 Å². The number of phenols is 1. The van der Waals surface area contributed by atoms with Crippen molar-refractivity contribution in [1.82, 2.24) is 0 Å². The topological polar surface area (TPSA) is 49.7 Å². The van der Waals surface area contributed by atoms with Crippen molar-refractivity contribution < 1.29 is 14.9 Å². The maximum absolute atomic E-state index is 9.97. The van der Waals surface area contributed by atoms with Crippen LogP contribution in [0.25, 0.3) is 0 Å². The number of benzene rings is 2. The summed E-state index contributed by atoms with van der Waals surface area (Å²) in [7, 11) is 0. The zero-order valence-electron chi connectivity index (χ0n) is 10.2. The third-order valence-electron chi connectivity index (χ3n) is 2.79. The highest BCUT2D eigenvalue weighted by Crippen LogP contribution is 2.25. The second-order valence-corrected chi connectivity index (χ2v) is 4.15. The SMILES string of the molecule is Cc1ccccc1OCC(O)c1ccccc1O. The number of aliphatic hydroxyl groups is 1. The molecule has 0 spiro atoms. The van der Waals surface area contributed by atoms with E-state index in [1.165, 1.54) is 0 Å². The van der Waals surface area contributed by atoms with E-state index in [4.69, 9.17) is 4.74 Å². The molecule has 0 saturated carbocycles. The van der Waals surface area contributed by atoms with Crippen molar-refractivity contribution in [1.29, 1.82) is 0 Å². The smallest absolute Gasteiger partial charge is 0.122 e. The minimum absolute atomic E-state index is 0.0818. The Hall–Kier alpha value is -2.00. The first kappa shape index (κ1) is 12.5. The van der Waals surface area contributed by atoms with E-state index in [0.29, 0.717) is 5.56 Å². The molecule has 0 aliphatic carbocycles. The molecule has 0 fully saturated rings. The summed E-state index contributed by atoms with van der Waals surface area (Å²) in [5, 5.41) is 19.6. The third-order valence-corrected chi connectivity index (χ3v) is 2.79. The number of ether oxygens (including phenoxy) is 1. The molecule has 0 aromatic heterocycles. The highest BCUT2D eigenvalue weighted by molar-refractivity contribution is 5.34. The highest BCUT2D eigenvalue weighted by atomic mass is 16.5. The van der Waals surface area contributed by atoms with Crippen molar-refractivity contribution in [2.24, 2.45) is 0 Å². The van der Waals surface area contributed by atoms with E-state index in [9.17, 15) is 10.2 Å². The Morgan fingerprint density at radius 2 is 1.72 bits per heavy atom. The van der Waals surface area contributed by atoms with Crippen LogP contribution in [0.3, 0.4) is 0 Å². The van der Waals surface area contributed by atoms with Gasteiger partial charge in [-0.2, -0.15) is 0 Å². The summed E-state index contributed by atoms with van der Waals surface area (Å²) in [4.78, 5) is 0. The molecular formula is C15H16O3. The molecule has 2 N–H and O–H groups in total. The van der Waals surface area contributed by atoms with Crippen LogP contribution in [0, 0.1) is 6.92 Å². The highest BCUT2D eigenvalue weighted by Gasteiger charge is 2.12. The molecule has 2 aromatic carbocycles. The fourth-order valence-corrected chi connectivity index (χ4v) is 1.75. The Morgan fingerprint density at radius 1 is 1.06 bits per heavy atom. The molecule has 0 heterocycles.